The van der Waals surface area contributed by atoms with Crippen molar-refractivity contribution in [3.8, 4) is 0 Å². The Labute approximate surface area is 105 Å². The van der Waals surface area contributed by atoms with Gasteiger partial charge in [0.2, 0.25) is 0 Å². The summed E-state index contributed by atoms with van der Waals surface area (Å²) >= 11 is 3.06. The van der Waals surface area contributed by atoms with Gasteiger partial charge in [-0.15, -0.1) is 0 Å². The number of carboxylic acids is 2. The van der Waals surface area contributed by atoms with Gasteiger partial charge in [0, 0.05) is 5.57 Å². The third-order valence-electron chi connectivity index (χ3n) is 1.86. The van der Waals surface area contributed by atoms with Crippen LogP contribution in [0.4, 0.5) is 0 Å². The highest BCUT2D eigenvalue weighted by molar-refractivity contribution is 9.10. The zero-order valence-electron chi connectivity index (χ0n) is 8.73. The van der Waals surface area contributed by atoms with Gasteiger partial charge in [-0.1, -0.05) is 0 Å². The molecule has 0 spiro atoms. The first-order valence-electron chi connectivity index (χ1n) is 4.48. The van der Waals surface area contributed by atoms with Crippen molar-refractivity contribution in [2.45, 2.75) is 6.92 Å². The van der Waals surface area contributed by atoms with Crippen LogP contribution in [-0.2, 0) is 9.59 Å². The topological polar surface area (TPSA) is 93.4 Å². The fraction of sp³-hybridized carbons (Fsp3) is 0.0909. The minimum atomic E-state index is -1.49. The summed E-state index contributed by atoms with van der Waals surface area (Å²) in [5.74, 6) is -2.70. The van der Waals surface area contributed by atoms with Gasteiger partial charge in [0.1, 0.15) is 5.76 Å². The van der Waals surface area contributed by atoms with Crippen molar-refractivity contribution in [2.75, 3.05) is 0 Å². The molecule has 5 nitrogen and oxygen atoms in total. The van der Waals surface area contributed by atoms with Crippen LogP contribution >= 0.6 is 15.9 Å². The molecular formula is C11H7BrO5-2. The van der Waals surface area contributed by atoms with Crippen LogP contribution in [0.1, 0.15) is 12.7 Å². The van der Waals surface area contributed by atoms with E-state index in [0.717, 1.165) is 0 Å². The molecule has 17 heavy (non-hydrogen) atoms. The van der Waals surface area contributed by atoms with E-state index in [9.17, 15) is 19.8 Å². The van der Waals surface area contributed by atoms with Gasteiger partial charge in [0.05, 0.1) is 11.9 Å². The van der Waals surface area contributed by atoms with Gasteiger partial charge in [-0.25, -0.2) is 0 Å². The quantitative estimate of drug-likeness (QED) is 0.570. The fourth-order valence-corrected chi connectivity index (χ4v) is 1.46. The van der Waals surface area contributed by atoms with Gasteiger partial charge in [0.25, 0.3) is 0 Å². The van der Waals surface area contributed by atoms with Crippen molar-refractivity contribution in [1.82, 2.24) is 0 Å². The molecule has 0 aliphatic heterocycles. The highest BCUT2D eigenvalue weighted by atomic mass is 79.9. The van der Waals surface area contributed by atoms with E-state index < -0.39 is 11.9 Å². The van der Waals surface area contributed by atoms with E-state index in [1.165, 1.54) is 19.1 Å². The maximum atomic E-state index is 10.8. The first-order valence-corrected chi connectivity index (χ1v) is 5.27. The smallest absolute Gasteiger partial charge is 0.169 e. The maximum absolute atomic E-state index is 10.8. The summed E-state index contributed by atoms with van der Waals surface area (Å²) in [5, 5.41) is 21.2. The fourth-order valence-electron chi connectivity index (χ4n) is 1.14. The van der Waals surface area contributed by atoms with E-state index in [4.69, 9.17) is 4.42 Å². The lowest BCUT2D eigenvalue weighted by atomic mass is 10.1. The van der Waals surface area contributed by atoms with Gasteiger partial charge in [-0.05, 0) is 52.7 Å². The molecule has 1 aromatic rings. The van der Waals surface area contributed by atoms with Crippen molar-refractivity contribution in [3.05, 3.63) is 39.8 Å². The predicted molar refractivity (Wildman–Crippen MR) is 58.2 cm³/mol. The van der Waals surface area contributed by atoms with Crippen LogP contribution < -0.4 is 10.2 Å². The zero-order chi connectivity index (χ0) is 13.0. The van der Waals surface area contributed by atoms with Crippen molar-refractivity contribution in [2.24, 2.45) is 0 Å². The number of furan rings is 1. The Balaban J connectivity index is 3.14. The molecule has 0 radical (unpaired) electrons. The summed E-state index contributed by atoms with van der Waals surface area (Å²) < 4.78 is 5.51. The third-order valence-corrected chi connectivity index (χ3v) is 2.29. The number of aliphatic carboxylic acids is 2. The number of carbonyl (C=O) groups is 2. The van der Waals surface area contributed by atoms with Crippen molar-refractivity contribution >= 4 is 33.9 Å². The van der Waals surface area contributed by atoms with E-state index in [0.29, 0.717) is 10.7 Å². The number of hydrogen-bond donors (Lipinski definition) is 0. The van der Waals surface area contributed by atoms with Crippen LogP contribution in [0.2, 0.25) is 0 Å². The molecule has 0 saturated heterocycles. The minimum absolute atomic E-state index is 0.0116. The maximum Gasteiger partial charge on any atom is 0.169 e. The van der Waals surface area contributed by atoms with Crippen LogP contribution in [0.5, 0.6) is 0 Å². The Morgan fingerprint density at radius 2 is 2.00 bits per heavy atom. The molecule has 0 aliphatic rings. The molecule has 90 valence electrons. The number of rotatable bonds is 4. The molecule has 0 amide bonds. The molecule has 0 saturated carbocycles. The van der Waals surface area contributed by atoms with Crippen LogP contribution in [0.15, 0.2) is 38.4 Å². The van der Waals surface area contributed by atoms with Crippen LogP contribution in [0.25, 0.3) is 6.08 Å². The molecule has 0 atom stereocenters. The molecule has 0 aromatic carbocycles. The monoisotopic (exact) mass is 298 g/mol. The first kappa shape index (κ1) is 13.2. The molecular weight excluding hydrogens is 292 g/mol. The highest BCUT2D eigenvalue weighted by Gasteiger charge is 2.04. The van der Waals surface area contributed by atoms with E-state index in [1.54, 1.807) is 6.07 Å². The number of carbonyl (C=O) groups excluding carboxylic acids is 2. The molecule has 1 heterocycles. The Bertz CT molecular complexity index is 510. The molecule has 6 heteroatoms. The number of carboxylic acid groups (broad SMARTS) is 2. The Hall–Kier alpha value is -1.82. The second-order valence-electron chi connectivity index (χ2n) is 3.13. The van der Waals surface area contributed by atoms with Crippen LogP contribution in [0.3, 0.4) is 0 Å². The summed E-state index contributed by atoms with van der Waals surface area (Å²) in [7, 11) is 0. The molecule has 0 unspecified atom stereocenters. The molecule has 0 bridgehead atoms. The SMILES string of the molecule is CC(=CC(=O)[O-])C(=Cc1ccc(Br)o1)C(=O)[O-]. The van der Waals surface area contributed by atoms with E-state index in [1.807, 2.05) is 0 Å². The molecule has 1 rings (SSSR count). The second kappa shape index (κ2) is 5.49. The van der Waals surface area contributed by atoms with E-state index in [-0.39, 0.29) is 16.9 Å². The molecule has 1 aromatic heterocycles. The summed E-state index contributed by atoms with van der Waals surface area (Å²) in [6, 6.07) is 3.11. The lowest BCUT2D eigenvalue weighted by molar-refractivity contribution is -0.298. The standard InChI is InChI=1S/C11H9BrO5/c1-6(4-10(13)14)8(11(15)16)5-7-2-3-9(12)17-7/h2-5H,1H3,(H,13,14)(H,15,16)/p-2. The van der Waals surface area contributed by atoms with Gasteiger partial charge in [0.15, 0.2) is 4.67 Å². The molecule has 0 fully saturated rings. The molecule has 0 N–H and O–H groups in total. The summed E-state index contributed by atoms with van der Waals surface area (Å²) in [5.41, 5.74) is -0.270. The first-order chi connectivity index (χ1) is 7.90. The minimum Gasteiger partial charge on any atom is -0.545 e. The highest BCUT2D eigenvalue weighted by Crippen LogP contribution is 2.19. The lowest BCUT2D eigenvalue weighted by Crippen LogP contribution is -2.26. The number of hydrogen-bond acceptors (Lipinski definition) is 5. The number of halogens is 1. The summed E-state index contributed by atoms with van der Waals surface area (Å²) in [6.45, 7) is 1.33. The average Bonchev–Trinajstić information content (AvgIpc) is 2.58. The lowest BCUT2D eigenvalue weighted by Gasteiger charge is -2.09. The second-order valence-corrected chi connectivity index (χ2v) is 3.92. The van der Waals surface area contributed by atoms with Crippen LogP contribution in [0, 0.1) is 0 Å². The Morgan fingerprint density at radius 3 is 2.41 bits per heavy atom. The summed E-state index contributed by atoms with van der Waals surface area (Å²) in [6.07, 6.45) is 1.86. The third kappa shape index (κ3) is 3.92. The average molecular weight is 299 g/mol. The predicted octanol–water partition coefficient (Wildman–Crippen LogP) is -0.128. The van der Waals surface area contributed by atoms with Gasteiger partial charge < -0.3 is 24.2 Å². The van der Waals surface area contributed by atoms with E-state index >= 15 is 0 Å². The summed E-state index contributed by atoms with van der Waals surface area (Å²) in [4.78, 5) is 21.2. The van der Waals surface area contributed by atoms with E-state index in [2.05, 4.69) is 15.9 Å². The zero-order valence-corrected chi connectivity index (χ0v) is 10.3. The molecule has 0 aliphatic carbocycles. The van der Waals surface area contributed by atoms with Gasteiger partial charge in [-0.3, -0.25) is 0 Å². The van der Waals surface area contributed by atoms with Crippen molar-refractivity contribution in [1.29, 1.82) is 0 Å². The van der Waals surface area contributed by atoms with Crippen molar-refractivity contribution < 1.29 is 24.2 Å². The van der Waals surface area contributed by atoms with Crippen molar-refractivity contribution in [3.63, 3.8) is 0 Å². The Morgan fingerprint density at radius 1 is 1.35 bits per heavy atom. The normalized spacial score (nSPS) is 12.6. The largest absolute Gasteiger partial charge is 0.545 e. The van der Waals surface area contributed by atoms with Gasteiger partial charge >= 0.3 is 0 Å². The Kier molecular flexibility index (Phi) is 4.28. The van der Waals surface area contributed by atoms with Crippen LogP contribution in [-0.4, -0.2) is 11.9 Å². The van der Waals surface area contributed by atoms with Gasteiger partial charge in [-0.2, -0.15) is 0 Å².